The van der Waals surface area contributed by atoms with Gasteiger partial charge in [0, 0.05) is 38.6 Å². The number of carbonyl (C=O) groups is 1. The molecule has 0 spiro atoms. The molecule has 0 radical (unpaired) electrons. The minimum absolute atomic E-state index is 0.0688. The summed E-state index contributed by atoms with van der Waals surface area (Å²) in [6.07, 6.45) is -3.13. The van der Waals surface area contributed by atoms with Crippen molar-refractivity contribution in [2.45, 2.75) is 55.4 Å². The van der Waals surface area contributed by atoms with Crippen LogP contribution in [-0.2, 0) is 32.3 Å². The molecule has 208 valence electrons. The topological polar surface area (TPSA) is 79.0 Å². The van der Waals surface area contributed by atoms with E-state index in [9.17, 15) is 26.4 Å². The van der Waals surface area contributed by atoms with E-state index >= 15 is 0 Å². The van der Waals surface area contributed by atoms with Crippen LogP contribution in [-0.4, -0.2) is 69.0 Å². The number of hydrogen-bond donors (Lipinski definition) is 1. The number of piperidine rings is 1. The second kappa shape index (κ2) is 12.1. The predicted octanol–water partition coefficient (Wildman–Crippen LogP) is 3.90. The summed E-state index contributed by atoms with van der Waals surface area (Å²) < 4.78 is 75.0. The Balaban J connectivity index is 1.48. The summed E-state index contributed by atoms with van der Waals surface area (Å²) in [4.78, 5) is 14.3. The number of alkyl halides is 3. The Morgan fingerprint density at radius 3 is 2.47 bits per heavy atom. The van der Waals surface area contributed by atoms with Crippen LogP contribution in [0.25, 0.3) is 0 Å². The highest BCUT2D eigenvalue weighted by molar-refractivity contribution is 7.89. The zero-order chi connectivity index (χ0) is 27.3. The van der Waals surface area contributed by atoms with Gasteiger partial charge in [-0.3, -0.25) is 9.69 Å². The first-order valence-electron chi connectivity index (χ1n) is 12.9. The molecule has 0 aromatic heterocycles. The lowest BCUT2D eigenvalue weighted by molar-refractivity contribution is -0.140. The smallest absolute Gasteiger partial charge is 0.366 e. The molecule has 1 N–H and O–H groups in total. The number of likely N-dealkylation sites (N-methyl/N-ethyl adjacent to an activating group) is 1. The quantitative estimate of drug-likeness (QED) is 0.510. The van der Waals surface area contributed by atoms with Gasteiger partial charge < -0.3 is 10.1 Å². The first-order chi connectivity index (χ1) is 18.1. The summed E-state index contributed by atoms with van der Waals surface area (Å²) in [5.74, 6) is -0.373. The van der Waals surface area contributed by atoms with E-state index < -0.39 is 38.8 Å². The summed E-state index contributed by atoms with van der Waals surface area (Å²) in [7, 11) is -2.91. The highest BCUT2D eigenvalue weighted by Gasteiger charge is 2.42. The van der Waals surface area contributed by atoms with Crippen molar-refractivity contribution in [1.82, 2.24) is 14.5 Å². The molecule has 2 aliphatic rings. The molecule has 11 heteroatoms. The number of sulfonamides is 1. The maximum Gasteiger partial charge on any atom is 0.417 e. The number of rotatable bonds is 9. The van der Waals surface area contributed by atoms with Gasteiger partial charge in [-0.25, -0.2) is 8.42 Å². The van der Waals surface area contributed by atoms with E-state index in [2.05, 4.69) is 22.3 Å². The van der Waals surface area contributed by atoms with Crippen molar-refractivity contribution < 1.29 is 31.1 Å². The van der Waals surface area contributed by atoms with Gasteiger partial charge in [0.15, 0.2) is 0 Å². The molecule has 0 bridgehead atoms. The Bertz CT molecular complexity index is 1190. The molecule has 2 aromatic carbocycles. The summed E-state index contributed by atoms with van der Waals surface area (Å²) >= 11 is 0. The second-order valence-corrected chi connectivity index (χ2v) is 11.8. The van der Waals surface area contributed by atoms with Crippen molar-refractivity contribution in [1.29, 1.82) is 0 Å². The Morgan fingerprint density at radius 2 is 1.76 bits per heavy atom. The van der Waals surface area contributed by atoms with Crippen molar-refractivity contribution in [3.05, 3.63) is 65.7 Å². The third-order valence-corrected chi connectivity index (χ3v) is 9.32. The molecule has 2 heterocycles. The summed E-state index contributed by atoms with van der Waals surface area (Å²) in [6.45, 7) is 2.24. The zero-order valence-corrected chi connectivity index (χ0v) is 22.2. The fourth-order valence-electron chi connectivity index (χ4n) is 5.39. The largest absolute Gasteiger partial charge is 0.417 e. The highest BCUT2D eigenvalue weighted by Crippen LogP contribution is 2.37. The van der Waals surface area contributed by atoms with Crippen LogP contribution >= 0.6 is 0 Å². The van der Waals surface area contributed by atoms with Gasteiger partial charge in [-0.1, -0.05) is 48.9 Å². The highest BCUT2D eigenvalue weighted by atomic mass is 32.2. The van der Waals surface area contributed by atoms with E-state index in [1.807, 2.05) is 18.2 Å². The molecule has 2 aliphatic heterocycles. The lowest BCUT2D eigenvalue weighted by Gasteiger charge is -2.36. The van der Waals surface area contributed by atoms with Crippen LogP contribution in [0.4, 0.5) is 13.2 Å². The molecule has 38 heavy (non-hydrogen) atoms. The normalized spacial score (nSPS) is 22.3. The average Bonchev–Trinajstić information content (AvgIpc) is 3.36. The number of hydrogen-bond acceptors (Lipinski definition) is 5. The van der Waals surface area contributed by atoms with E-state index in [0.29, 0.717) is 19.4 Å². The number of benzene rings is 2. The van der Waals surface area contributed by atoms with Gasteiger partial charge >= 0.3 is 6.18 Å². The number of nitrogens with zero attached hydrogens (tertiary/aromatic N) is 2. The maximum absolute atomic E-state index is 13.6. The first kappa shape index (κ1) is 28.5. The molecule has 2 aromatic rings. The third kappa shape index (κ3) is 6.56. The fourth-order valence-corrected chi connectivity index (χ4v) is 7.28. The minimum Gasteiger partial charge on any atom is -0.366 e. The maximum atomic E-state index is 13.6. The van der Waals surface area contributed by atoms with Crippen molar-refractivity contribution in [3.8, 4) is 0 Å². The summed E-state index contributed by atoms with van der Waals surface area (Å²) in [6, 6.07) is 13.6. The van der Waals surface area contributed by atoms with Gasteiger partial charge in [-0.05, 0) is 43.5 Å². The Labute approximate surface area is 222 Å². The molecular weight excluding hydrogens is 519 g/mol. The van der Waals surface area contributed by atoms with Crippen LogP contribution in [0.3, 0.4) is 0 Å². The fraction of sp³-hybridized carbons (Fsp3) is 0.519. The van der Waals surface area contributed by atoms with Gasteiger partial charge in [-0.2, -0.15) is 17.5 Å². The zero-order valence-electron chi connectivity index (χ0n) is 21.4. The summed E-state index contributed by atoms with van der Waals surface area (Å²) in [5, 5.41) is 2.65. The van der Waals surface area contributed by atoms with E-state index in [0.717, 1.165) is 42.4 Å². The van der Waals surface area contributed by atoms with E-state index in [-0.39, 0.29) is 25.0 Å². The van der Waals surface area contributed by atoms with E-state index in [4.69, 9.17) is 4.74 Å². The van der Waals surface area contributed by atoms with Gasteiger partial charge in [-0.15, -0.1) is 0 Å². The van der Waals surface area contributed by atoms with Crippen molar-refractivity contribution >= 4 is 15.9 Å². The molecule has 4 rings (SSSR count). The van der Waals surface area contributed by atoms with Gasteiger partial charge in [0.05, 0.1) is 17.1 Å². The van der Waals surface area contributed by atoms with E-state index in [1.165, 1.54) is 24.7 Å². The lowest BCUT2D eigenvalue weighted by Crippen LogP contribution is -2.49. The van der Waals surface area contributed by atoms with Crippen molar-refractivity contribution in [3.63, 3.8) is 0 Å². The van der Waals surface area contributed by atoms with Crippen LogP contribution in [0.1, 0.15) is 36.8 Å². The van der Waals surface area contributed by atoms with Gasteiger partial charge in [0.2, 0.25) is 15.9 Å². The molecule has 0 saturated carbocycles. The molecule has 7 nitrogen and oxygen atoms in total. The standard InChI is InChI=1S/C27H34F3N3O4S/c1-31-26(34)25(21-14-16-32(18-21)17-20-9-3-2-4-10-20)37-19-22-11-7-8-15-33(22)38(35,36)24-13-6-5-12-23(24)27(28,29)30/h2-6,9-10,12-13,21-22,25H,7-8,11,14-19H2,1H3,(H,31,34)/t21-,22?,25?/m0/s1. The second-order valence-electron chi connectivity index (χ2n) is 9.90. The number of nitrogens with one attached hydrogen (secondary N) is 1. The summed E-state index contributed by atoms with van der Waals surface area (Å²) in [5.41, 5.74) is -0.00862. The van der Waals surface area contributed by atoms with Gasteiger partial charge in [0.25, 0.3) is 0 Å². The van der Waals surface area contributed by atoms with E-state index in [1.54, 1.807) is 0 Å². The molecule has 2 fully saturated rings. The SMILES string of the molecule is CNC(=O)C(OCC1CCCCN1S(=O)(=O)c1ccccc1C(F)(F)F)[C@H]1CCN(Cc2ccccc2)C1. The van der Waals surface area contributed by atoms with Crippen LogP contribution in [0.5, 0.6) is 0 Å². The Hall–Kier alpha value is -2.47. The van der Waals surface area contributed by atoms with Gasteiger partial charge in [0.1, 0.15) is 6.10 Å². The molecular formula is C27H34F3N3O4S. The Morgan fingerprint density at radius 1 is 1.05 bits per heavy atom. The number of ether oxygens (including phenoxy) is 1. The van der Waals surface area contributed by atoms with Crippen molar-refractivity contribution in [2.24, 2.45) is 5.92 Å². The predicted molar refractivity (Wildman–Crippen MR) is 137 cm³/mol. The van der Waals surface area contributed by atoms with Crippen LogP contribution in [0.15, 0.2) is 59.5 Å². The minimum atomic E-state index is -4.80. The number of carbonyl (C=O) groups excluding carboxylic acids is 1. The first-order valence-corrected chi connectivity index (χ1v) is 14.3. The van der Waals surface area contributed by atoms with Crippen LogP contribution < -0.4 is 5.32 Å². The van der Waals surface area contributed by atoms with Crippen LogP contribution in [0.2, 0.25) is 0 Å². The Kier molecular flexibility index (Phi) is 9.12. The monoisotopic (exact) mass is 553 g/mol. The van der Waals surface area contributed by atoms with Crippen LogP contribution in [0, 0.1) is 5.92 Å². The number of likely N-dealkylation sites (tertiary alicyclic amines) is 1. The molecule has 1 amide bonds. The molecule has 0 aliphatic carbocycles. The average molecular weight is 554 g/mol. The number of halogens is 3. The number of amides is 1. The third-order valence-electron chi connectivity index (χ3n) is 7.31. The van der Waals surface area contributed by atoms with Crippen molar-refractivity contribution in [2.75, 3.05) is 33.3 Å². The molecule has 3 atom stereocenters. The lowest BCUT2D eigenvalue weighted by atomic mass is 10.00. The molecule has 2 unspecified atom stereocenters. The molecule has 2 saturated heterocycles.